The van der Waals surface area contributed by atoms with Crippen molar-refractivity contribution < 1.29 is 9.18 Å². The molecule has 0 aromatic heterocycles. The Bertz CT molecular complexity index is 964. The largest absolute Gasteiger partial charge is 0.344 e. The van der Waals surface area contributed by atoms with Gasteiger partial charge in [-0.2, -0.15) is 5.26 Å². The van der Waals surface area contributed by atoms with E-state index >= 15 is 0 Å². The second-order valence-electron chi connectivity index (χ2n) is 6.75. The zero-order chi connectivity index (χ0) is 19.0. The molecule has 1 atom stereocenters. The third-order valence-electron chi connectivity index (χ3n) is 4.93. The van der Waals surface area contributed by atoms with Crippen LogP contribution < -0.4 is 4.90 Å². The number of nitriles is 1. The summed E-state index contributed by atoms with van der Waals surface area (Å²) in [7, 11) is 0. The van der Waals surface area contributed by atoms with Crippen LogP contribution >= 0.6 is 11.8 Å². The van der Waals surface area contributed by atoms with Crippen molar-refractivity contribution in [3.05, 3.63) is 76.1 Å². The van der Waals surface area contributed by atoms with Crippen molar-refractivity contribution in [3.8, 4) is 6.07 Å². The molecule has 27 heavy (non-hydrogen) atoms. The molecule has 0 aliphatic carbocycles. The summed E-state index contributed by atoms with van der Waals surface area (Å²) in [5.74, 6) is 0.0224. The molecule has 1 fully saturated rings. The Kier molecular flexibility index (Phi) is 4.63. The molecular weight excluding hydrogens is 361 g/mol. The third kappa shape index (κ3) is 3.31. The molecule has 2 heterocycles. The number of rotatable bonds is 2. The maximum Gasteiger partial charge on any atom is 0.229 e. The van der Waals surface area contributed by atoms with Crippen molar-refractivity contribution in [2.24, 2.45) is 0 Å². The first-order valence-corrected chi connectivity index (χ1v) is 9.70. The van der Waals surface area contributed by atoms with Gasteiger partial charge in [0.05, 0.1) is 29.2 Å². The lowest BCUT2D eigenvalue weighted by Crippen LogP contribution is -2.47. The molecule has 1 unspecified atom stereocenters. The Morgan fingerprint density at radius 3 is 2.70 bits per heavy atom. The first kappa shape index (κ1) is 17.6. The Hall–Kier alpha value is -2.78. The molecule has 136 valence electrons. The van der Waals surface area contributed by atoms with Crippen LogP contribution in [0, 0.1) is 24.1 Å². The number of fused-ring (bicyclic) bond motifs is 1. The number of thioether (sulfide) groups is 1. The SMILES string of the molecule is Cc1cccc(N2CSC3=C(C#N)C(c4ccc(F)cc4)CC(=O)N3C2)c1. The van der Waals surface area contributed by atoms with Crippen molar-refractivity contribution in [3.63, 3.8) is 0 Å². The van der Waals surface area contributed by atoms with Crippen LogP contribution in [0.25, 0.3) is 0 Å². The fourth-order valence-corrected chi connectivity index (χ4v) is 4.70. The van der Waals surface area contributed by atoms with Crippen LogP contribution in [0.15, 0.2) is 59.1 Å². The van der Waals surface area contributed by atoms with Crippen LogP contribution in [0.2, 0.25) is 0 Å². The van der Waals surface area contributed by atoms with Gasteiger partial charge < -0.3 is 4.90 Å². The normalized spacial score (nSPS) is 19.7. The molecule has 0 bridgehead atoms. The first-order valence-electron chi connectivity index (χ1n) is 8.71. The fraction of sp³-hybridized carbons (Fsp3) is 0.238. The minimum absolute atomic E-state index is 0.0109. The van der Waals surface area contributed by atoms with Gasteiger partial charge in [-0.15, -0.1) is 0 Å². The summed E-state index contributed by atoms with van der Waals surface area (Å²) >= 11 is 1.51. The van der Waals surface area contributed by atoms with E-state index in [0.717, 1.165) is 21.8 Å². The average Bonchev–Trinajstić information content (AvgIpc) is 2.68. The lowest BCUT2D eigenvalue weighted by Gasteiger charge is -2.42. The van der Waals surface area contributed by atoms with Gasteiger partial charge in [-0.25, -0.2) is 4.39 Å². The van der Waals surface area contributed by atoms with E-state index in [1.54, 1.807) is 17.0 Å². The molecule has 4 rings (SSSR count). The van der Waals surface area contributed by atoms with Crippen molar-refractivity contribution in [2.75, 3.05) is 17.4 Å². The summed E-state index contributed by atoms with van der Waals surface area (Å²) in [6, 6.07) is 16.5. The van der Waals surface area contributed by atoms with E-state index in [1.165, 1.54) is 23.9 Å². The van der Waals surface area contributed by atoms with Gasteiger partial charge in [0.1, 0.15) is 5.82 Å². The monoisotopic (exact) mass is 379 g/mol. The maximum absolute atomic E-state index is 13.2. The quantitative estimate of drug-likeness (QED) is 0.778. The Morgan fingerprint density at radius 1 is 1.22 bits per heavy atom. The Morgan fingerprint density at radius 2 is 2.00 bits per heavy atom. The highest BCUT2D eigenvalue weighted by Gasteiger charge is 2.38. The topological polar surface area (TPSA) is 47.3 Å². The summed E-state index contributed by atoms with van der Waals surface area (Å²) in [5, 5.41) is 10.5. The highest BCUT2D eigenvalue weighted by Crippen LogP contribution is 2.43. The van der Waals surface area contributed by atoms with Gasteiger partial charge in [0.2, 0.25) is 5.91 Å². The number of anilines is 1. The lowest BCUT2D eigenvalue weighted by molar-refractivity contribution is -0.129. The number of hydrogen-bond donors (Lipinski definition) is 0. The van der Waals surface area contributed by atoms with E-state index in [4.69, 9.17) is 0 Å². The zero-order valence-electron chi connectivity index (χ0n) is 14.9. The van der Waals surface area contributed by atoms with Crippen LogP contribution in [-0.4, -0.2) is 23.4 Å². The summed E-state index contributed by atoms with van der Waals surface area (Å²) < 4.78 is 13.2. The van der Waals surface area contributed by atoms with Crippen molar-refractivity contribution in [2.45, 2.75) is 19.3 Å². The minimum atomic E-state index is -0.325. The predicted octanol–water partition coefficient (Wildman–Crippen LogP) is 4.35. The number of amides is 1. The van der Waals surface area contributed by atoms with Crippen LogP contribution in [0.5, 0.6) is 0 Å². The van der Waals surface area contributed by atoms with Crippen molar-refractivity contribution in [1.82, 2.24) is 4.90 Å². The molecule has 4 nitrogen and oxygen atoms in total. The minimum Gasteiger partial charge on any atom is -0.344 e. The Balaban J connectivity index is 1.66. The van der Waals surface area contributed by atoms with Gasteiger partial charge in [-0.05, 0) is 42.3 Å². The molecule has 0 saturated carbocycles. The predicted molar refractivity (Wildman–Crippen MR) is 104 cm³/mol. The van der Waals surface area contributed by atoms with E-state index in [0.29, 0.717) is 18.1 Å². The number of benzene rings is 2. The van der Waals surface area contributed by atoms with E-state index < -0.39 is 0 Å². The van der Waals surface area contributed by atoms with Gasteiger partial charge in [0.15, 0.2) is 0 Å². The molecule has 1 saturated heterocycles. The number of nitrogens with zero attached hydrogens (tertiary/aromatic N) is 3. The number of carbonyl (C=O) groups excluding carboxylic acids is 1. The number of aryl methyl sites for hydroxylation is 1. The maximum atomic E-state index is 13.2. The molecule has 1 amide bonds. The van der Waals surface area contributed by atoms with E-state index in [2.05, 4.69) is 17.0 Å². The van der Waals surface area contributed by atoms with Gasteiger partial charge in [-0.1, -0.05) is 36.0 Å². The van der Waals surface area contributed by atoms with E-state index in [1.807, 2.05) is 25.1 Å². The second-order valence-corrected chi connectivity index (χ2v) is 7.69. The smallest absolute Gasteiger partial charge is 0.229 e. The number of hydrogen-bond acceptors (Lipinski definition) is 4. The molecule has 2 aromatic rings. The van der Waals surface area contributed by atoms with Gasteiger partial charge in [0, 0.05) is 18.0 Å². The van der Waals surface area contributed by atoms with Gasteiger partial charge in [0.25, 0.3) is 0 Å². The number of carbonyl (C=O) groups is 1. The molecule has 2 aliphatic rings. The van der Waals surface area contributed by atoms with Crippen molar-refractivity contribution in [1.29, 1.82) is 5.26 Å². The van der Waals surface area contributed by atoms with Crippen LogP contribution in [-0.2, 0) is 4.79 Å². The number of allylic oxidation sites excluding steroid dienone is 1. The highest BCUT2D eigenvalue weighted by molar-refractivity contribution is 8.03. The first-order chi connectivity index (χ1) is 13.1. The van der Waals surface area contributed by atoms with Crippen LogP contribution in [0.1, 0.15) is 23.5 Å². The Labute approximate surface area is 161 Å². The molecule has 2 aromatic carbocycles. The van der Waals surface area contributed by atoms with E-state index in [9.17, 15) is 14.4 Å². The summed E-state index contributed by atoms with van der Waals surface area (Å²) in [6.07, 6.45) is 0.222. The molecule has 0 spiro atoms. The standard InChI is InChI=1S/C21H18FN3OS/c1-14-3-2-4-17(9-14)24-12-25-20(26)10-18(15-5-7-16(22)8-6-15)19(11-23)21(25)27-13-24/h2-9,18H,10,12-13H2,1H3. The zero-order valence-corrected chi connectivity index (χ0v) is 15.7. The fourth-order valence-electron chi connectivity index (χ4n) is 3.53. The van der Waals surface area contributed by atoms with E-state index in [-0.39, 0.29) is 24.1 Å². The summed E-state index contributed by atoms with van der Waals surface area (Å²) in [5.41, 5.74) is 3.62. The summed E-state index contributed by atoms with van der Waals surface area (Å²) in [6.45, 7) is 2.48. The highest BCUT2D eigenvalue weighted by atomic mass is 32.2. The lowest BCUT2D eigenvalue weighted by atomic mass is 9.86. The molecule has 0 radical (unpaired) electrons. The molecule has 2 aliphatic heterocycles. The van der Waals surface area contributed by atoms with Crippen molar-refractivity contribution >= 4 is 23.4 Å². The third-order valence-corrected chi connectivity index (χ3v) is 6.09. The van der Waals surface area contributed by atoms with Gasteiger partial charge >= 0.3 is 0 Å². The average molecular weight is 379 g/mol. The van der Waals surface area contributed by atoms with Gasteiger partial charge in [-0.3, -0.25) is 9.69 Å². The second kappa shape index (κ2) is 7.09. The molecular formula is C21H18FN3OS. The molecule has 6 heteroatoms. The summed E-state index contributed by atoms with van der Waals surface area (Å²) in [4.78, 5) is 16.7. The molecule has 0 N–H and O–H groups in total. The number of halogens is 1. The van der Waals surface area contributed by atoms with Crippen LogP contribution in [0.3, 0.4) is 0 Å². The van der Waals surface area contributed by atoms with Crippen LogP contribution in [0.4, 0.5) is 10.1 Å².